The number of carbonyl (C=O) groups is 2. The number of amides is 2. The Kier molecular flexibility index (Phi) is 10.1. The van der Waals surface area contributed by atoms with Gasteiger partial charge >= 0.3 is 0 Å². The minimum Gasteiger partial charge on any atom is -0.273 e. The lowest BCUT2D eigenvalue weighted by Gasteiger charge is -2.06. The zero-order chi connectivity index (χ0) is 28.2. The van der Waals surface area contributed by atoms with Crippen LogP contribution < -0.4 is 10.9 Å². The van der Waals surface area contributed by atoms with Crippen LogP contribution >= 0.6 is 0 Å². The topological polar surface area (TPSA) is 82.9 Å². The Bertz CT molecular complexity index is 1350. The Morgan fingerprint density at radius 1 is 0.500 bits per heavy atom. The number of hydrogen-bond donors (Lipinski definition) is 2. The third-order valence-electron chi connectivity index (χ3n) is 6.57. The summed E-state index contributed by atoms with van der Waals surface area (Å²) >= 11 is 0. The van der Waals surface area contributed by atoms with Crippen LogP contribution in [-0.2, 0) is 9.59 Å². The van der Waals surface area contributed by atoms with Gasteiger partial charge in [-0.1, -0.05) is 109 Å². The Hall–Kier alpha value is -4.84. The first-order chi connectivity index (χ1) is 19.5. The zero-order valence-corrected chi connectivity index (χ0v) is 22.9. The molecule has 4 rings (SSSR count). The van der Waals surface area contributed by atoms with E-state index in [4.69, 9.17) is 0 Å². The van der Waals surface area contributed by atoms with E-state index in [1.165, 1.54) is 0 Å². The maximum Gasteiger partial charge on any atom is 0.240 e. The van der Waals surface area contributed by atoms with Crippen LogP contribution in [0.4, 0.5) is 0 Å². The zero-order valence-electron chi connectivity index (χ0n) is 22.9. The van der Waals surface area contributed by atoms with Gasteiger partial charge < -0.3 is 0 Å². The van der Waals surface area contributed by atoms with E-state index in [2.05, 4.69) is 45.3 Å². The van der Waals surface area contributed by atoms with Crippen LogP contribution in [0.2, 0.25) is 0 Å². The number of nitrogens with one attached hydrogen (secondary N) is 2. The maximum absolute atomic E-state index is 12.2. The molecule has 0 aliphatic heterocycles. The number of nitrogens with zero attached hydrogens (tertiary/aromatic N) is 2. The molecule has 0 aliphatic carbocycles. The highest BCUT2D eigenvalue weighted by molar-refractivity contribution is 6.00. The lowest BCUT2D eigenvalue weighted by atomic mass is 10.0. The number of benzene rings is 4. The maximum atomic E-state index is 12.2. The number of unbranched alkanes of at least 4 members (excludes halogenated alkanes) is 1. The van der Waals surface area contributed by atoms with Crippen molar-refractivity contribution in [3.63, 3.8) is 0 Å². The molecule has 0 aliphatic rings. The van der Waals surface area contributed by atoms with Crippen molar-refractivity contribution in [1.82, 2.24) is 10.9 Å². The monoisotopic (exact) mass is 530 g/mol. The second-order valence-corrected chi connectivity index (χ2v) is 9.56. The van der Waals surface area contributed by atoms with Crippen molar-refractivity contribution in [1.29, 1.82) is 0 Å². The molecule has 0 radical (unpaired) electrons. The van der Waals surface area contributed by atoms with Gasteiger partial charge in [0, 0.05) is 12.8 Å². The van der Waals surface area contributed by atoms with Crippen molar-refractivity contribution >= 4 is 23.2 Å². The molecule has 4 aromatic carbocycles. The van der Waals surface area contributed by atoms with Crippen LogP contribution in [0.5, 0.6) is 0 Å². The minimum absolute atomic E-state index is 0.173. The van der Waals surface area contributed by atoms with Gasteiger partial charge in [-0.3, -0.25) is 9.59 Å². The first kappa shape index (κ1) is 28.2. The van der Waals surface area contributed by atoms with E-state index in [-0.39, 0.29) is 11.8 Å². The van der Waals surface area contributed by atoms with E-state index in [1.54, 1.807) is 0 Å². The average Bonchev–Trinajstić information content (AvgIpc) is 3.01. The summed E-state index contributed by atoms with van der Waals surface area (Å²) in [5.74, 6) is -0.345. The lowest BCUT2D eigenvalue weighted by molar-refractivity contribution is -0.123. The molecule has 6 heteroatoms. The molecule has 40 heavy (non-hydrogen) atoms. The van der Waals surface area contributed by atoms with Crippen molar-refractivity contribution < 1.29 is 9.59 Å². The van der Waals surface area contributed by atoms with Crippen molar-refractivity contribution in [3.05, 3.63) is 120 Å². The molecule has 0 fully saturated rings. The fourth-order valence-corrected chi connectivity index (χ4v) is 4.17. The molecule has 4 aromatic rings. The molecule has 0 saturated heterocycles. The molecule has 2 amide bonds. The van der Waals surface area contributed by atoms with Crippen LogP contribution in [0.1, 0.15) is 50.7 Å². The molecule has 0 atom stereocenters. The molecule has 6 nitrogen and oxygen atoms in total. The van der Waals surface area contributed by atoms with Crippen LogP contribution in [0.15, 0.2) is 119 Å². The number of hydrazone groups is 2. The van der Waals surface area contributed by atoms with Gasteiger partial charge in [0.25, 0.3) is 0 Å². The highest BCUT2D eigenvalue weighted by atomic mass is 16.2. The molecular weight excluding hydrogens is 496 g/mol. The molecular formula is C34H34N4O2. The summed E-state index contributed by atoms with van der Waals surface area (Å²) in [7, 11) is 0. The largest absolute Gasteiger partial charge is 0.273 e. The molecule has 2 N–H and O–H groups in total. The van der Waals surface area contributed by atoms with Gasteiger partial charge in [0.05, 0.1) is 11.4 Å². The fourth-order valence-electron chi connectivity index (χ4n) is 4.17. The predicted octanol–water partition coefficient (Wildman–Crippen LogP) is 6.96. The first-order valence-corrected chi connectivity index (χ1v) is 13.5. The SMILES string of the molecule is CC(=NNC(=O)CCCCC(=O)NN=C(C)c1ccc(-c2ccccc2)cc1)c1ccc(-c2ccccc2)cc1. The van der Waals surface area contributed by atoms with Gasteiger partial charge in [0.2, 0.25) is 11.8 Å². The molecule has 0 bridgehead atoms. The van der Waals surface area contributed by atoms with Crippen LogP contribution in [-0.4, -0.2) is 23.2 Å². The average molecular weight is 531 g/mol. The molecule has 0 saturated carbocycles. The van der Waals surface area contributed by atoms with Crippen molar-refractivity contribution in [3.8, 4) is 22.3 Å². The second-order valence-electron chi connectivity index (χ2n) is 9.56. The van der Waals surface area contributed by atoms with Crippen LogP contribution in [0, 0.1) is 0 Å². The van der Waals surface area contributed by atoms with Gasteiger partial charge in [0.1, 0.15) is 0 Å². The van der Waals surface area contributed by atoms with Crippen molar-refractivity contribution in [2.45, 2.75) is 39.5 Å². The Labute approximate surface area is 235 Å². The first-order valence-electron chi connectivity index (χ1n) is 13.5. The van der Waals surface area contributed by atoms with Crippen molar-refractivity contribution in [2.75, 3.05) is 0 Å². The van der Waals surface area contributed by atoms with Crippen LogP contribution in [0.3, 0.4) is 0 Å². The lowest BCUT2D eigenvalue weighted by Crippen LogP contribution is -2.20. The highest BCUT2D eigenvalue weighted by Gasteiger charge is 2.06. The van der Waals surface area contributed by atoms with Crippen molar-refractivity contribution in [2.24, 2.45) is 10.2 Å². The van der Waals surface area contributed by atoms with Gasteiger partial charge in [-0.2, -0.15) is 10.2 Å². The molecule has 0 unspecified atom stereocenters. The third-order valence-corrected chi connectivity index (χ3v) is 6.57. The predicted molar refractivity (Wildman–Crippen MR) is 163 cm³/mol. The third kappa shape index (κ3) is 8.33. The Morgan fingerprint density at radius 2 is 0.825 bits per heavy atom. The smallest absolute Gasteiger partial charge is 0.240 e. The summed E-state index contributed by atoms with van der Waals surface area (Å²) in [6.45, 7) is 3.73. The van der Waals surface area contributed by atoms with E-state index in [1.807, 2.05) is 98.8 Å². The summed E-state index contributed by atoms with van der Waals surface area (Å²) in [4.78, 5) is 24.4. The fraction of sp³-hybridized carbons (Fsp3) is 0.176. The number of rotatable bonds is 11. The van der Waals surface area contributed by atoms with E-state index < -0.39 is 0 Å². The Morgan fingerprint density at radius 3 is 1.18 bits per heavy atom. The summed E-state index contributed by atoms with van der Waals surface area (Å²) in [5.41, 5.74) is 13.1. The summed E-state index contributed by atoms with van der Waals surface area (Å²) in [6.07, 6.45) is 1.77. The minimum atomic E-state index is -0.173. The number of hydrogen-bond acceptors (Lipinski definition) is 4. The Balaban J connectivity index is 1.15. The van der Waals surface area contributed by atoms with Gasteiger partial charge in [-0.15, -0.1) is 0 Å². The highest BCUT2D eigenvalue weighted by Crippen LogP contribution is 2.20. The number of carbonyl (C=O) groups excluding carboxylic acids is 2. The standard InChI is InChI=1S/C34H34N4O2/c1-25(27-17-21-31(22-18-27)29-11-5-3-6-12-29)35-37-33(39)15-9-10-16-34(40)38-36-26(2)28-19-23-32(24-20-28)30-13-7-4-8-14-30/h3-8,11-14,17-24H,9-10,15-16H2,1-2H3,(H,37,39)(H,38,40). The molecule has 0 aromatic heterocycles. The second kappa shape index (κ2) is 14.4. The molecule has 0 heterocycles. The molecule has 202 valence electrons. The van der Waals surface area contributed by atoms with Gasteiger partial charge in [-0.25, -0.2) is 10.9 Å². The van der Waals surface area contributed by atoms with E-state index in [0.717, 1.165) is 44.8 Å². The summed E-state index contributed by atoms with van der Waals surface area (Å²) < 4.78 is 0. The van der Waals surface area contributed by atoms with E-state index >= 15 is 0 Å². The van der Waals surface area contributed by atoms with Gasteiger partial charge in [0.15, 0.2) is 0 Å². The summed E-state index contributed by atoms with van der Waals surface area (Å²) in [5, 5.41) is 8.46. The quantitative estimate of drug-likeness (QED) is 0.125. The van der Waals surface area contributed by atoms with Gasteiger partial charge in [-0.05, 0) is 60.1 Å². The molecule has 0 spiro atoms. The van der Waals surface area contributed by atoms with Crippen LogP contribution in [0.25, 0.3) is 22.3 Å². The summed E-state index contributed by atoms with van der Waals surface area (Å²) in [6, 6.07) is 36.5. The normalized spacial score (nSPS) is 11.7. The van der Waals surface area contributed by atoms with E-state index in [9.17, 15) is 9.59 Å². The van der Waals surface area contributed by atoms with E-state index in [0.29, 0.717) is 25.7 Å².